The maximum Gasteiger partial charge on any atom is -0.0228 e. The molecular formula is C19H28. The topological polar surface area (TPSA) is 0 Å². The molecule has 0 bridgehead atoms. The summed E-state index contributed by atoms with van der Waals surface area (Å²) < 4.78 is 0. The van der Waals surface area contributed by atoms with Crippen molar-refractivity contribution in [2.24, 2.45) is 11.3 Å². The van der Waals surface area contributed by atoms with E-state index in [4.69, 9.17) is 0 Å². The van der Waals surface area contributed by atoms with Crippen molar-refractivity contribution in [3.8, 4) is 0 Å². The average molecular weight is 256 g/mol. The first-order valence-electron chi connectivity index (χ1n) is 7.79. The Labute approximate surface area is 118 Å². The minimum absolute atomic E-state index is 0.451. The van der Waals surface area contributed by atoms with Crippen LogP contribution in [0.15, 0.2) is 30.3 Å². The molecule has 0 fully saturated rings. The summed E-state index contributed by atoms with van der Waals surface area (Å²) in [6.45, 7) is 9.35. The monoisotopic (exact) mass is 256 g/mol. The molecular weight excluding hydrogens is 228 g/mol. The van der Waals surface area contributed by atoms with Crippen molar-refractivity contribution in [1.29, 1.82) is 0 Å². The lowest BCUT2D eigenvalue weighted by molar-refractivity contribution is 0.225. The van der Waals surface area contributed by atoms with Crippen LogP contribution in [0.5, 0.6) is 0 Å². The van der Waals surface area contributed by atoms with Gasteiger partial charge in [-0.2, -0.15) is 0 Å². The smallest absolute Gasteiger partial charge is 0.0228 e. The van der Waals surface area contributed by atoms with Crippen molar-refractivity contribution in [2.45, 2.75) is 59.8 Å². The van der Waals surface area contributed by atoms with Crippen molar-refractivity contribution in [1.82, 2.24) is 0 Å². The van der Waals surface area contributed by atoms with Crippen molar-refractivity contribution < 1.29 is 0 Å². The third-order valence-corrected chi connectivity index (χ3v) is 4.50. The van der Waals surface area contributed by atoms with Crippen LogP contribution in [0.2, 0.25) is 0 Å². The second-order valence-electron chi connectivity index (χ2n) is 7.01. The summed E-state index contributed by atoms with van der Waals surface area (Å²) in [7, 11) is 0. The molecule has 1 aliphatic carbocycles. The van der Waals surface area contributed by atoms with E-state index in [9.17, 15) is 0 Å². The SMILES string of the molecule is CCCc1ccc(C2=CCC(C(C)(C)C)CC2)cc1. The Morgan fingerprint density at radius 1 is 1.11 bits per heavy atom. The zero-order valence-corrected chi connectivity index (χ0v) is 13.0. The highest BCUT2D eigenvalue weighted by atomic mass is 14.3. The lowest BCUT2D eigenvalue weighted by Crippen LogP contribution is -2.21. The fourth-order valence-corrected chi connectivity index (χ4v) is 3.06. The van der Waals surface area contributed by atoms with Gasteiger partial charge in [-0.1, -0.05) is 64.5 Å². The standard InChI is InChI=1S/C19H28/c1-5-6-15-7-9-16(10-8-15)17-11-13-18(14-12-17)19(2,3)4/h7-11,18H,5-6,12-14H2,1-4H3. The Kier molecular flexibility index (Phi) is 4.50. The van der Waals surface area contributed by atoms with Crippen LogP contribution in [-0.4, -0.2) is 0 Å². The third kappa shape index (κ3) is 3.72. The molecule has 0 aliphatic heterocycles. The molecule has 0 amide bonds. The predicted molar refractivity (Wildman–Crippen MR) is 85.2 cm³/mol. The maximum atomic E-state index is 2.48. The van der Waals surface area contributed by atoms with Gasteiger partial charge in [0, 0.05) is 0 Å². The first-order valence-corrected chi connectivity index (χ1v) is 7.79. The molecule has 0 aromatic heterocycles. The summed E-state index contributed by atoms with van der Waals surface area (Å²) in [6.07, 6.45) is 8.74. The van der Waals surface area contributed by atoms with E-state index in [1.165, 1.54) is 43.2 Å². The van der Waals surface area contributed by atoms with Gasteiger partial charge in [0.05, 0.1) is 0 Å². The number of hydrogen-bond acceptors (Lipinski definition) is 0. The predicted octanol–water partition coefficient (Wildman–Crippen LogP) is 5.87. The van der Waals surface area contributed by atoms with Gasteiger partial charge in [0.1, 0.15) is 0 Å². The summed E-state index contributed by atoms with van der Waals surface area (Å²) in [5, 5.41) is 0. The first-order chi connectivity index (χ1) is 9.00. The first kappa shape index (κ1) is 14.4. The van der Waals surface area contributed by atoms with Crippen molar-refractivity contribution in [2.75, 3.05) is 0 Å². The Morgan fingerprint density at radius 3 is 2.26 bits per heavy atom. The molecule has 0 heteroatoms. The van der Waals surface area contributed by atoms with Gasteiger partial charge in [-0.05, 0) is 53.7 Å². The van der Waals surface area contributed by atoms with E-state index >= 15 is 0 Å². The minimum Gasteiger partial charge on any atom is -0.0804 e. The molecule has 0 spiro atoms. The van der Waals surface area contributed by atoms with Crippen LogP contribution in [0.4, 0.5) is 0 Å². The van der Waals surface area contributed by atoms with Crippen LogP contribution in [0.25, 0.3) is 5.57 Å². The van der Waals surface area contributed by atoms with Crippen LogP contribution in [0.3, 0.4) is 0 Å². The van der Waals surface area contributed by atoms with Crippen molar-refractivity contribution in [3.05, 3.63) is 41.5 Å². The highest BCUT2D eigenvalue weighted by molar-refractivity contribution is 5.66. The van der Waals surface area contributed by atoms with E-state index in [2.05, 4.69) is 58.0 Å². The van der Waals surface area contributed by atoms with E-state index in [-0.39, 0.29) is 0 Å². The Balaban J connectivity index is 2.05. The molecule has 1 aromatic carbocycles. The van der Waals surface area contributed by atoms with Gasteiger partial charge in [-0.3, -0.25) is 0 Å². The van der Waals surface area contributed by atoms with Gasteiger partial charge in [0.25, 0.3) is 0 Å². The lowest BCUT2D eigenvalue weighted by Gasteiger charge is -2.33. The van der Waals surface area contributed by atoms with Gasteiger partial charge in [-0.15, -0.1) is 0 Å². The lowest BCUT2D eigenvalue weighted by atomic mass is 9.72. The van der Waals surface area contributed by atoms with Crippen LogP contribution < -0.4 is 0 Å². The Bertz CT molecular complexity index is 428. The molecule has 0 nitrogen and oxygen atoms in total. The van der Waals surface area contributed by atoms with Gasteiger partial charge in [0.15, 0.2) is 0 Å². The molecule has 2 rings (SSSR count). The normalized spacial score (nSPS) is 20.2. The molecule has 1 aromatic rings. The molecule has 0 heterocycles. The number of benzene rings is 1. The highest BCUT2D eigenvalue weighted by Crippen LogP contribution is 2.39. The van der Waals surface area contributed by atoms with Crippen LogP contribution in [0.1, 0.15) is 64.5 Å². The largest absolute Gasteiger partial charge is 0.0804 e. The zero-order chi connectivity index (χ0) is 13.9. The molecule has 0 saturated heterocycles. The fraction of sp³-hybridized carbons (Fsp3) is 0.579. The van der Waals surface area contributed by atoms with E-state index < -0.39 is 0 Å². The molecule has 1 aliphatic rings. The van der Waals surface area contributed by atoms with Gasteiger partial charge in [-0.25, -0.2) is 0 Å². The molecule has 0 radical (unpaired) electrons. The van der Waals surface area contributed by atoms with Crippen molar-refractivity contribution >= 4 is 5.57 Å². The third-order valence-electron chi connectivity index (χ3n) is 4.50. The van der Waals surface area contributed by atoms with Gasteiger partial charge in [0.2, 0.25) is 0 Å². The summed E-state index contributed by atoms with van der Waals surface area (Å²) >= 11 is 0. The summed E-state index contributed by atoms with van der Waals surface area (Å²) in [5.74, 6) is 0.843. The van der Waals surface area contributed by atoms with Crippen LogP contribution in [-0.2, 0) is 6.42 Å². The highest BCUT2D eigenvalue weighted by Gasteiger charge is 2.26. The number of rotatable bonds is 3. The van der Waals surface area contributed by atoms with E-state index in [1.807, 2.05) is 0 Å². The number of hydrogen-bond donors (Lipinski definition) is 0. The van der Waals surface area contributed by atoms with E-state index in [0.717, 1.165) is 5.92 Å². The second-order valence-corrected chi connectivity index (χ2v) is 7.01. The summed E-state index contributed by atoms with van der Waals surface area (Å²) in [6, 6.07) is 9.23. The van der Waals surface area contributed by atoms with Gasteiger partial charge >= 0.3 is 0 Å². The van der Waals surface area contributed by atoms with Crippen molar-refractivity contribution in [3.63, 3.8) is 0 Å². The van der Waals surface area contributed by atoms with Crippen LogP contribution >= 0.6 is 0 Å². The molecule has 1 atom stereocenters. The summed E-state index contributed by atoms with van der Waals surface area (Å²) in [5.41, 5.74) is 4.92. The number of aryl methyl sites for hydroxylation is 1. The minimum atomic E-state index is 0.451. The van der Waals surface area contributed by atoms with E-state index in [0.29, 0.717) is 5.41 Å². The molecule has 19 heavy (non-hydrogen) atoms. The maximum absolute atomic E-state index is 2.48. The molecule has 0 N–H and O–H groups in total. The Morgan fingerprint density at radius 2 is 1.79 bits per heavy atom. The molecule has 104 valence electrons. The van der Waals surface area contributed by atoms with Crippen LogP contribution in [0, 0.1) is 11.3 Å². The number of allylic oxidation sites excluding steroid dienone is 2. The molecule has 0 saturated carbocycles. The second kappa shape index (κ2) is 5.94. The zero-order valence-electron chi connectivity index (χ0n) is 13.0. The quantitative estimate of drug-likeness (QED) is 0.634. The summed E-state index contributed by atoms with van der Waals surface area (Å²) in [4.78, 5) is 0. The van der Waals surface area contributed by atoms with Gasteiger partial charge < -0.3 is 0 Å². The fourth-order valence-electron chi connectivity index (χ4n) is 3.06. The van der Waals surface area contributed by atoms with E-state index in [1.54, 1.807) is 5.57 Å². The molecule has 1 unspecified atom stereocenters. The Hall–Kier alpha value is -1.04. The average Bonchev–Trinajstić information content (AvgIpc) is 2.39.